The predicted molar refractivity (Wildman–Crippen MR) is 108 cm³/mol. The van der Waals surface area contributed by atoms with E-state index in [-0.39, 0.29) is 6.10 Å². The maximum Gasteiger partial charge on any atom is 0.187 e. The molecule has 1 fully saturated rings. The third kappa shape index (κ3) is 5.82. The Hall–Kier alpha value is -2.44. The van der Waals surface area contributed by atoms with Crippen molar-refractivity contribution in [1.82, 2.24) is 10.7 Å². The van der Waals surface area contributed by atoms with Crippen LogP contribution in [0.4, 0.5) is 0 Å². The van der Waals surface area contributed by atoms with Crippen molar-refractivity contribution in [2.75, 3.05) is 13.2 Å². The summed E-state index contributed by atoms with van der Waals surface area (Å²) in [5.41, 5.74) is 4.84. The average molecular weight is 369 g/mol. The topological polar surface area (TPSA) is 54.9 Å². The highest BCUT2D eigenvalue weighted by Gasteiger charge is 2.14. The van der Waals surface area contributed by atoms with Gasteiger partial charge in [-0.15, -0.1) is 0 Å². The summed E-state index contributed by atoms with van der Waals surface area (Å²) in [5, 5.41) is 7.81. The van der Waals surface area contributed by atoms with E-state index >= 15 is 0 Å². The Kier molecular flexibility index (Phi) is 6.98. The minimum Gasteiger partial charge on any atom is -0.488 e. The molecule has 0 aliphatic carbocycles. The van der Waals surface area contributed by atoms with Gasteiger partial charge < -0.3 is 14.8 Å². The quantitative estimate of drug-likeness (QED) is 0.446. The molecule has 0 radical (unpaired) electrons. The van der Waals surface area contributed by atoms with Crippen molar-refractivity contribution in [1.29, 1.82) is 0 Å². The molecule has 0 aromatic heterocycles. The lowest BCUT2D eigenvalue weighted by molar-refractivity contribution is 0.114. The molecule has 1 aliphatic rings. The van der Waals surface area contributed by atoms with Gasteiger partial charge in [0.1, 0.15) is 12.4 Å². The zero-order chi connectivity index (χ0) is 18.0. The van der Waals surface area contributed by atoms with Crippen molar-refractivity contribution in [3.63, 3.8) is 0 Å². The van der Waals surface area contributed by atoms with Crippen LogP contribution in [0.15, 0.2) is 59.7 Å². The summed E-state index contributed by atoms with van der Waals surface area (Å²) in [4.78, 5) is 0. The Morgan fingerprint density at radius 3 is 2.81 bits per heavy atom. The van der Waals surface area contributed by atoms with Gasteiger partial charge in [0, 0.05) is 18.7 Å². The summed E-state index contributed by atoms with van der Waals surface area (Å²) < 4.78 is 11.5. The Bertz CT molecular complexity index is 731. The fraction of sp³-hybridized carbons (Fsp3) is 0.300. The number of benzene rings is 2. The molecule has 1 aliphatic heterocycles. The summed E-state index contributed by atoms with van der Waals surface area (Å²) in [6.45, 7) is 2.06. The van der Waals surface area contributed by atoms with E-state index in [1.165, 1.54) is 0 Å². The number of hydrogen-bond acceptors (Lipinski definition) is 4. The van der Waals surface area contributed by atoms with Crippen LogP contribution in [0.3, 0.4) is 0 Å². The zero-order valence-electron chi connectivity index (χ0n) is 14.6. The minimum atomic E-state index is 0.242. The van der Waals surface area contributed by atoms with Crippen LogP contribution >= 0.6 is 12.2 Å². The molecular formula is C20H23N3O2S. The fourth-order valence-electron chi connectivity index (χ4n) is 2.67. The van der Waals surface area contributed by atoms with Crippen molar-refractivity contribution >= 4 is 23.5 Å². The Morgan fingerprint density at radius 1 is 1.19 bits per heavy atom. The first-order chi connectivity index (χ1) is 12.8. The van der Waals surface area contributed by atoms with Gasteiger partial charge in [0.2, 0.25) is 0 Å². The lowest BCUT2D eigenvalue weighted by Crippen LogP contribution is -2.37. The lowest BCUT2D eigenvalue weighted by atomic mass is 10.2. The van der Waals surface area contributed by atoms with Gasteiger partial charge in [-0.3, -0.25) is 5.43 Å². The molecule has 0 unspecified atom stereocenters. The van der Waals surface area contributed by atoms with Crippen molar-refractivity contribution in [2.24, 2.45) is 5.10 Å². The molecule has 6 heteroatoms. The average Bonchev–Trinajstić information content (AvgIpc) is 3.20. The molecule has 0 amide bonds. The number of para-hydroxylation sites is 1. The molecule has 0 spiro atoms. The van der Waals surface area contributed by atoms with Crippen molar-refractivity contribution in [2.45, 2.75) is 25.6 Å². The fourth-order valence-corrected chi connectivity index (χ4v) is 2.80. The second-order valence-electron chi connectivity index (χ2n) is 6.03. The molecule has 1 saturated heterocycles. The summed E-state index contributed by atoms with van der Waals surface area (Å²) in [5.74, 6) is 0.778. The Labute approximate surface area is 159 Å². The third-order valence-corrected chi connectivity index (χ3v) is 4.28. The first kappa shape index (κ1) is 18.4. The summed E-state index contributed by atoms with van der Waals surface area (Å²) >= 11 is 5.23. The zero-order valence-corrected chi connectivity index (χ0v) is 15.4. The number of hydrazone groups is 1. The maximum atomic E-state index is 5.91. The van der Waals surface area contributed by atoms with Gasteiger partial charge in [0.05, 0.1) is 12.3 Å². The number of nitrogens with one attached hydrogen (secondary N) is 2. The predicted octanol–water partition coefficient (Wildman–Crippen LogP) is 3.24. The van der Waals surface area contributed by atoms with Gasteiger partial charge in [-0.25, -0.2) is 0 Å². The van der Waals surface area contributed by atoms with Crippen molar-refractivity contribution in [3.8, 4) is 5.75 Å². The van der Waals surface area contributed by atoms with Crippen molar-refractivity contribution in [3.05, 3.63) is 65.7 Å². The van der Waals surface area contributed by atoms with Crippen LogP contribution in [0.1, 0.15) is 24.0 Å². The number of rotatable bonds is 7. The molecular weight excluding hydrogens is 346 g/mol. The smallest absolute Gasteiger partial charge is 0.187 e. The third-order valence-electron chi connectivity index (χ3n) is 4.04. The highest BCUT2D eigenvalue weighted by Crippen LogP contribution is 2.17. The monoisotopic (exact) mass is 369 g/mol. The molecule has 136 valence electrons. The van der Waals surface area contributed by atoms with E-state index in [1.807, 2.05) is 54.6 Å². The molecule has 26 heavy (non-hydrogen) atoms. The first-order valence-corrected chi connectivity index (χ1v) is 9.16. The Morgan fingerprint density at radius 2 is 2.00 bits per heavy atom. The summed E-state index contributed by atoms with van der Waals surface area (Å²) in [6.07, 6.45) is 4.14. The van der Waals surface area contributed by atoms with E-state index in [1.54, 1.807) is 6.21 Å². The SMILES string of the molecule is S=C(NC[C@H]1CCCO1)N/N=C\c1ccccc1OCc1ccccc1. The highest BCUT2D eigenvalue weighted by atomic mass is 32.1. The second kappa shape index (κ2) is 9.89. The highest BCUT2D eigenvalue weighted by molar-refractivity contribution is 7.80. The van der Waals surface area contributed by atoms with Gasteiger partial charge in [-0.05, 0) is 42.8 Å². The lowest BCUT2D eigenvalue weighted by Gasteiger charge is -2.12. The van der Waals surface area contributed by atoms with Crippen LogP contribution in [0.25, 0.3) is 0 Å². The van der Waals surface area contributed by atoms with E-state index in [0.29, 0.717) is 18.3 Å². The standard InChI is InChI=1S/C20H23N3O2S/c26-20(21-14-18-10-6-12-24-18)23-22-13-17-9-4-5-11-19(17)25-15-16-7-2-1-3-8-16/h1-5,7-9,11,13,18H,6,10,12,14-15H2,(H2,21,23,26)/b22-13-/t18-/m1/s1. The van der Waals surface area contributed by atoms with E-state index < -0.39 is 0 Å². The number of nitrogens with zero attached hydrogens (tertiary/aromatic N) is 1. The summed E-state index contributed by atoms with van der Waals surface area (Å²) in [6, 6.07) is 17.8. The normalized spacial score (nSPS) is 16.5. The van der Waals surface area contributed by atoms with Crippen LogP contribution in [-0.4, -0.2) is 30.6 Å². The summed E-state index contributed by atoms with van der Waals surface area (Å²) in [7, 11) is 0. The first-order valence-electron chi connectivity index (χ1n) is 8.75. The molecule has 0 bridgehead atoms. The van der Waals surface area contributed by atoms with Crippen molar-refractivity contribution < 1.29 is 9.47 Å². The molecule has 2 aromatic carbocycles. The van der Waals surface area contributed by atoms with Gasteiger partial charge in [0.15, 0.2) is 5.11 Å². The van der Waals surface area contributed by atoms with Crippen LogP contribution in [-0.2, 0) is 11.3 Å². The molecule has 0 saturated carbocycles. The van der Waals surface area contributed by atoms with E-state index in [0.717, 1.165) is 36.3 Å². The van der Waals surface area contributed by atoms with Gasteiger partial charge >= 0.3 is 0 Å². The number of thiocarbonyl (C=S) groups is 1. The molecule has 1 heterocycles. The molecule has 3 rings (SSSR count). The van der Waals surface area contributed by atoms with Gasteiger partial charge in [-0.1, -0.05) is 42.5 Å². The number of ether oxygens (including phenoxy) is 2. The maximum absolute atomic E-state index is 5.91. The van der Waals surface area contributed by atoms with Crippen LogP contribution < -0.4 is 15.5 Å². The van der Waals surface area contributed by atoms with E-state index in [4.69, 9.17) is 21.7 Å². The second-order valence-corrected chi connectivity index (χ2v) is 6.44. The molecule has 2 aromatic rings. The molecule has 2 N–H and O–H groups in total. The van der Waals surface area contributed by atoms with E-state index in [9.17, 15) is 0 Å². The minimum absolute atomic E-state index is 0.242. The van der Waals surface area contributed by atoms with Crippen LogP contribution in [0, 0.1) is 0 Å². The van der Waals surface area contributed by atoms with E-state index in [2.05, 4.69) is 15.8 Å². The largest absolute Gasteiger partial charge is 0.488 e. The molecule has 5 nitrogen and oxygen atoms in total. The molecule has 1 atom stereocenters. The van der Waals surface area contributed by atoms with Gasteiger partial charge in [-0.2, -0.15) is 5.10 Å². The van der Waals surface area contributed by atoms with Gasteiger partial charge in [0.25, 0.3) is 0 Å². The van der Waals surface area contributed by atoms with Crippen LogP contribution in [0.2, 0.25) is 0 Å². The van der Waals surface area contributed by atoms with Crippen LogP contribution in [0.5, 0.6) is 5.75 Å². The Balaban J connectivity index is 1.49. The number of hydrogen-bond donors (Lipinski definition) is 2.